The lowest BCUT2D eigenvalue weighted by molar-refractivity contribution is 0.0348. The topological polar surface area (TPSA) is 134 Å². The van der Waals surface area contributed by atoms with Crippen LogP contribution in [0.2, 0.25) is 0 Å². The van der Waals surface area contributed by atoms with Crippen LogP contribution in [0.15, 0.2) is 40.9 Å². The highest BCUT2D eigenvalue weighted by atomic mass is 32.2. The van der Waals surface area contributed by atoms with Gasteiger partial charge in [-0.15, -0.1) is 10.2 Å². The van der Waals surface area contributed by atoms with Crippen LogP contribution in [0.4, 0.5) is 17.2 Å². The van der Waals surface area contributed by atoms with Gasteiger partial charge in [0.15, 0.2) is 0 Å². The van der Waals surface area contributed by atoms with Gasteiger partial charge >= 0.3 is 0 Å². The van der Waals surface area contributed by atoms with E-state index in [1.807, 2.05) is 19.2 Å². The number of nitrogens with zero attached hydrogens (tertiary/aromatic N) is 5. The number of pyridine rings is 1. The number of rotatable bonds is 4. The third-order valence-electron chi connectivity index (χ3n) is 6.94. The van der Waals surface area contributed by atoms with Gasteiger partial charge in [-0.25, -0.2) is 13.4 Å². The van der Waals surface area contributed by atoms with E-state index in [4.69, 9.17) is 14.3 Å². The van der Waals surface area contributed by atoms with Gasteiger partial charge in [0.1, 0.15) is 5.82 Å². The Kier molecular flexibility index (Phi) is 8.10. The molecule has 1 aromatic carbocycles. The predicted molar refractivity (Wildman–Crippen MR) is 146 cm³/mol. The SMILES string of the molecule is CN1CCCCCOC2CCN(CC2)c2cc(NS(=O)(=O)CCO)ccc2-c2nnc(o2)-c2ccnc1c2. The largest absolute Gasteiger partial charge is 0.416 e. The summed E-state index contributed by atoms with van der Waals surface area (Å²) in [6, 6.07) is 9.04. The average molecular weight is 543 g/mol. The molecule has 0 spiro atoms. The van der Waals surface area contributed by atoms with Crippen molar-refractivity contribution in [3.63, 3.8) is 0 Å². The van der Waals surface area contributed by atoms with E-state index in [0.29, 0.717) is 17.5 Å². The van der Waals surface area contributed by atoms with Crippen LogP contribution < -0.4 is 14.5 Å². The molecule has 0 radical (unpaired) electrons. The molecule has 3 aliphatic rings. The molecule has 6 rings (SSSR count). The number of nitrogens with one attached hydrogen (secondary N) is 1. The number of anilines is 3. The van der Waals surface area contributed by atoms with E-state index in [1.54, 1.807) is 24.4 Å². The monoisotopic (exact) mass is 542 g/mol. The first-order chi connectivity index (χ1) is 18.4. The molecule has 1 fully saturated rings. The maximum Gasteiger partial charge on any atom is 0.250 e. The second kappa shape index (κ2) is 11.7. The van der Waals surface area contributed by atoms with Gasteiger partial charge in [-0.2, -0.15) is 0 Å². The highest BCUT2D eigenvalue weighted by Gasteiger charge is 2.25. The molecule has 0 amide bonds. The summed E-state index contributed by atoms with van der Waals surface area (Å²) in [6.45, 7) is 2.70. The fourth-order valence-corrected chi connectivity index (χ4v) is 5.68. The van der Waals surface area contributed by atoms with Gasteiger partial charge < -0.3 is 24.1 Å². The molecule has 0 unspecified atom stereocenters. The molecule has 3 aromatic rings. The smallest absolute Gasteiger partial charge is 0.250 e. The maximum atomic E-state index is 12.3. The van der Waals surface area contributed by atoms with Crippen molar-refractivity contribution in [3.8, 4) is 22.9 Å². The molecule has 2 aromatic heterocycles. The van der Waals surface area contributed by atoms with Crippen molar-refractivity contribution in [2.75, 3.05) is 60.2 Å². The summed E-state index contributed by atoms with van der Waals surface area (Å²) in [7, 11) is -1.64. The van der Waals surface area contributed by atoms with Crippen LogP contribution >= 0.6 is 0 Å². The second-order valence-corrected chi connectivity index (χ2v) is 11.6. The minimum Gasteiger partial charge on any atom is -0.416 e. The van der Waals surface area contributed by atoms with E-state index in [-0.39, 0.29) is 11.9 Å². The van der Waals surface area contributed by atoms with E-state index < -0.39 is 16.6 Å². The minimum atomic E-state index is -3.67. The number of aromatic nitrogens is 3. The number of aliphatic hydroxyl groups is 1. The van der Waals surface area contributed by atoms with Gasteiger partial charge in [-0.3, -0.25) is 4.72 Å². The van der Waals surface area contributed by atoms with Crippen molar-refractivity contribution < 1.29 is 22.7 Å². The number of sulfonamides is 1. The first kappa shape index (κ1) is 26.4. The Morgan fingerprint density at radius 3 is 2.68 bits per heavy atom. The lowest BCUT2D eigenvalue weighted by Crippen LogP contribution is -2.37. The number of hydrogen-bond donors (Lipinski definition) is 2. The average Bonchev–Trinajstić information content (AvgIpc) is 3.40. The van der Waals surface area contributed by atoms with E-state index >= 15 is 0 Å². The van der Waals surface area contributed by atoms with Crippen LogP contribution in [-0.4, -0.2) is 80.5 Å². The zero-order valence-corrected chi connectivity index (χ0v) is 22.4. The van der Waals surface area contributed by atoms with Crippen molar-refractivity contribution in [1.29, 1.82) is 0 Å². The molecule has 38 heavy (non-hydrogen) atoms. The standard InChI is InChI=1S/C26H34N6O5S/c1-31-11-3-2-4-15-36-21-8-12-32(13-9-21)23-18-20(30-38(34,35)16-14-33)5-6-22(23)26-29-28-25(37-26)19-7-10-27-24(31)17-19/h5-7,10,17-18,21,30,33H,2-4,8-9,11-16H2,1H3. The molecular formula is C26H34N6O5S. The van der Waals surface area contributed by atoms with Crippen LogP contribution in [0.3, 0.4) is 0 Å². The lowest BCUT2D eigenvalue weighted by atomic mass is 10.0. The highest BCUT2D eigenvalue weighted by molar-refractivity contribution is 7.92. The molecule has 0 aliphatic carbocycles. The Morgan fingerprint density at radius 2 is 1.87 bits per heavy atom. The second-order valence-electron chi connectivity index (χ2n) is 9.73. The Morgan fingerprint density at radius 1 is 1.05 bits per heavy atom. The van der Waals surface area contributed by atoms with E-state index in [2.05, 4.69) is 29.7 Å². The van der Waals surface area contributed by atoms with Gasteiger partial charge in [-0.05, 0) is 62.4 Å². The first-order valence-corrected chi connectivity index (χ1v) is 14.7. The summed E-state index contributed by atoms with van der Waals surface area (Å²) in [4.78, 5) is 8.84. The van der Waals surface area contributed by atoms with Crippen LogP contribution in [-0.2, 0) is 14.8 Å². The zero-order valence-electron chi connectivity index (χ0n) is 21.5. The van der Waals surface area contributed by atoms with E-state index in [0.717, 1.165) is 81.0 Å². The van der Waals surface area contributed by atoms with Crippen LogP contribution in [0.25, 0.3) is 22.9 Å². The summed E-state index contributed by atoms with van der Waals surface area (Å²) >= 11 is 0. The molecule has 6 bridgehead atoms. The third-order valence-corrected chi connectivity index (χ3v) is 8.21. The summed E-state index contributed by atoms with van der Waals surface area (Å²) in [5.41, 5.74) is 2.71. The fraction of sp³-hybridized carbons (Fsp3) is 0.500. The third kappa shape index (κ3) is 6.25. The molecule has 5 heterocycles. The molecule has 1 saturated heterocycles. The number of fused-ring (bicyclic) bond motifs is 8. The van der Waals surface area contributed by atoms with Crippen molar-refractivity contribution >= 4 is 27.2 Å². The number of hydrogen-bond acceptors (Lipinski definition) is 10. The molecule has 0 atom stereocenters. The van der Waals surface area contributed by atoms with Crippen molar-refractivity contribution in [2.24, 2.45) is 0 Å². The predicted octanol–water partition coefficient (Wildman–Crippen LogP) is 3.14. The summed E-state index contributed by atoms with van der Waals surface area (Å²) < 4.78 is 39.5. The van der Waals surface area contributed by atoms with Crippen molar-refractivity contribution in [1.82, 2.24) is 15.2 Å². The van der Waals surface area contributed by atoms with Gasteiger partial charge in [0.2, 0.25) is 21.8 Å². The van der Waals surface area contributed by atoms with E-state index in [9.17, 15) is 8.42 Å². The van der Waals surface area contributed by atoms with Crippen LogP contribution in [0.1, 0.15) is 32.1 Å². The van der Waals surface area contributed by atoms with Crippen LogP contribution in [0, 0.1) is 0 Å². The number of ether oxygens (including phenoxy) is 1. The normalized spacial score (nSPS) is 17.4. The molecule has 12 heteroatoms. The Bertz CT molecular complexity index is 1340. The number of aliphatic hydroxyl groups excluding tert-OH is 1. The Labute approximate surface area is 222 Å². The van der Waals surface area contributed by atoms with Gasteiger partial charge in [-0.1, -0.05) is 0 Å². The highest BCUT2D eigenvalue weighted by Crippen LogP contribution is 2.36. The fourth-order valence-electron chi connectivity index (χ4n) is 4.85. The van der Waals surface area contributed by atoms with Gasteiger partial charge in [0.25, 0.3) is 0 Å². The van der Waals surface area contributed by atoms with Gasteiger partial charge in [0.05, 0.1) is 35.4 Å². The van der Waals surface area contributed by atoms with E-state index in [1.165, 1.54) is 0 Å². The summed E-state index contributed by atoms with van der Waals surface area (Å²) in [5.74, 6) is 1.20. The quantitative estimate of drug-likeness (QED) is 0.506. The number of benzene rings is 1. The first-order valence-electron chi connectivity index (χ1n) is 13.1. The van der Waals surface area contributed by atoms with Crippen LogP contribution in [0.5, 0.6) is 0 Å². The van der Waals surface area contributed by atoms with Gasteiger partial charge in [0, 0.05) is 45.0 Å². The molecule has 3 aliphatic heterocycles. The molecule has 2 N–H and O–H groups in total. The van der Waals surface area contributed by atoms with Crippen molar-refractivity contribution in [3.05, 3.63) is 36.5 Å². The Balaban J connectivity index is 1.52. The molecule has 11 nitrogen and oxygen atoms in total. The maximum absolute atomic E-state index is 12.3. The van der Waals surface area contributed by atoms with Crippen molar-refractivity contribution in [2.45, 2.75) is 38.2 Å². The minimum absolute atomic E-state index is 0.200. The summed E-state index contributed by atoms with van der Waals surface area (Å²) in [5, 5.41) is 17.8. The number of piperidine rings is 1. The molecular weight excluding hydrogens is 508 g/mol. The summed E-state index contributed by atoms with van der Waals surface area (Å²) in [6.07, 6.45) is 6.83. The molecule has 204 valence electrons. The molecule has 0 saturated carbocycles. The zero-order chi connectivity index (χ0) is 26.5. The lowest BCUT2D eigenvalue weighted by Gasteiger charge is -2.34. The Hall–Kier alpha value is -3.22.